The second kappa shape index (κ2) is 10.1. The van der Waals surface area contributed by atoms with Crippen molar-refractivity contribution in [2.45, 2.75) is 64.8 Å². The summed E-state index contributed by atoms with van der Waals surface area (Å²) in [5.41, 5.74) is 4.25. The summed E-state index contributed by atoms with van der Waals surface area (Å²) in [4.78, 5) is 27.0. The summed E-state index contributed by atoms with van der Waals surface area (Å²) < 4.78 is 29.0. The summed E-state index contributed by atoms with van der Waals surface area (Å²) in [7, 11) is -3.94. The van der Waals surface area contributed by atoms with Gasteiger partial charge in [-0.15, -0.1) is 0 Å². The number of benzene rings is 2. The van der Waals surface area contributed by atoms with Crippen LogP contribution in [0.2, 0.25) is 0 Å². The lowest BCUT2D eigenvalue weighted by Crippen LogP contribution is -2.44. The van der Waals surface area contributed by atoms with E-state index in [1.165, 1.54) is 6.07 Å². The Hall–Kier alpha value is -2.71. The second-order valence-corrected chi connectivity index (χ2v) is 10.8. The first kappa shape index (κ1) is 24.9. The van der Waals surface area contributed by atoms with Crippen LogP contribution in [0.25, 0.3) is 0 Å². The van der Waals surface area contributed by atoms with Gasteiger partial charge in [0.1, 0.15) is 6.04 Å². The molecule has 0 saturated carbocycles. The average Bonchev–Trinajstić information content (AvgIpc) is 3.14. The molecule has 0 radical (unpaired) electrons. The molecule has 2 aromatic rings. The number of amides is 2. The number of rotatable bonds is 8. The van der Waals surface area contributed by atoms with E-state index in [-0.39, 0.29) is 16.7 Å². The fourth-order valence-electron chi connectivity index (χ4n) is 4.21. The van der Waals surface area contributed by atoms with Crippen molar-refractivity contribution in [3.63, 3.8) is 0 Å². The monoisotopic (exact) mass is 471 g/mol. The largest absolute Gasteiger partial charge is 0.325 e. The third-order valence-corrected chi connectivity index (χ3v) is 7.14. The molecule has 178 valence electrons. The number of carbonyl (C=O) groups is 2. The molecule has 2 aromatic carbocycles. The molecule has 8 heteroatoms. The van der Waals surface area contributed by atoms with Gasteiger partial charge in [0.05, 0.1) is 4.90 Å². The van der Waals surface area contributed by atoms with E-state index in [9.17, 15) is 18.0 Å². The van der Waals surface area contributed by atoms with Gasteiger partial charge in [-0.05, 0) is 79.6 Å². The maximum atomic E-state index is 13.2. The van der Waals surface area contributed by atoms with E-state index in [1.54, 1.807) is 24.0 Å². The van der Waals surface area contributed by atoms with E-state index in [4.69, 9.17) is 0 Å². The number of nitrogens with one attached hydrogen (secondary N) is 2. The van der Waals surface area contributed by atoms with E-state index in [0.717, 1.165) is 22.4 Å². The van der Waals surface area contributed by atoms with Gasteiger partial charge in [-0.3, -0.25) is 9.59 Å². The maximum absolute atomic E-state index is 13.2. The molecule has 0 bridgehead atoms. The highest BCUT2D eigenvalue weighted by Gasteiger charge is 2.29. The van der Waals surface area contributed by atoms with Gasteiger partial charge in [0, 0.05) is 24.3 Å². The van der Waals surface area contributed by atoms with E-state index in [1.807, 2.05) is 45.9 Å². The van der Waals surface area contributed by atoms with Crippen molar-refractivity contribution < 1.29 is 18.0 Å². The fourth-order valence-corrected chi connectivity index (χ4v) is 5.47. The van der Waals surface area contributed by atoms with Crippen molar-refractivity contribution in [1.29, 1.82) is 0 Å². The molecule has 33 heavy (non-hydrogen) atoms. The number of carbonyl (C=O) groups excluding carboxylic acids is 2. The standard InChI is InChI=1S/C25H33N3O4S/c1-6-24(29)28-10-9-19-15-21(7-8-23(19)28)33(31,32)27-22(11-16(2)3)25(30)26-20-13-17(4)12-18(5)14-20/h7-8,12-16,22,27H,6,9-11H2,1-5H3,(H,26,30)/t22-/m1/s1. The first-order valence-electron chi connectivity index (χ1n) is 11.3. The van der Waals surface area contributed by atoms with Crippen LogP contribution in [0.4, 0.5) is 11.4 Å². The Labute approximate surface area is 196 Å². The average molecular weight is 472 g/mol. The number of anilines is 2. The van der Waals surface area contributed by atoms with Crippen LogP contribution in [0.5, 0.6) is 0 Å². The Morgan fingerprint density at radius 3 is 2.33 bits per heavy atom. The molecule has 0 fully saturated rings. The van der Waals surface area contributed by atoms with Crippen LogP contribution in [-0.4, -0.2) is 32.8 Å². The summed E-state index contributed by atoms with van der Waals surface area (Å²) in [6.07, 6.45) is 1.36. The topological polar surface area (TPSA) is 95.6 Å². The predicted octanol–water partition coefficient (Wildman–Crippen LogP) is 3.93. The lowest BCUT2D eigenvalue weighted by Gasteiger charge is -2.21. The smallest absolute Gasteiger partial charge is 0.242 e. The Morgan fingerprint density at radius 2 is 1.73 bits per heavy atom. The van der Waals surface area contributed by atoms with Crippen LogP contribution in [0.1, 0.15) is 50.3 Å². The summed E-state index contributed by atoms with van der Waals surface area (Å²) in [6, 6.07) is 9.59. The Morgan fingerprint density at radius 1 is 1.06 bits per heavy atom. The molecule has 0 saturated heterocycles. The van der Waals surface area contributed by atoms with Crippen LogP contribution in [0, 0.1) is 19.8 Å². The molecule has 2 N–H and O–H groups in total. The first-order valence-corrected chi connectivity index (χ1v) is 12.8. The zero-order valence-corrected chi connectivity index (χ0v) is 20.8. The van der Waals surface area contributed by atoms with Crippen molar-refractivity contribution >= 4 is 33.2 Å². The van der Waals surface area contributed by atoms with Gasteiger partial charge in [-0.2, -0.15) is 4.72 Å². The second-order valence-electron chi connectivity index (χ2n) is 9.11. The van der Waals surface area contributed by atoms with Crippen LogP contribution in [0.15, 0.2) is 41.3 Å². The number of fused-ring (bicyclic) bond motifs is 1. The predicted molar refractivity (Wildman–Crippen MR) is 131 cm³/mol. The van der Waals surface area contributed by atoms with Crippen molar-refractivity contribution in [2.24, 2.45) is 5.92 Å². The SMILES string of the molecule is CCC(=O)N1CCc2cc(S(=O)(=O)N[C@H](CC(C)C)C(=O)Nc3cc(C)cc(C)c3)ccc21. The normalized spacial score (nSPS) is 14.3. The third-order valence-electron chi connectivity index (χ3n) is 5.67. The molecule has 1 heterocycles. The number of aryl methyl sites for hydroxylation is 2. The van der Waals surface area contributed by atoms with Crippen LogP contribution in [-0.2, 0) is 26.0 Å². The van der Waals surface area contributed by atoms with Gasteiger partial charge in [0.25, 0.3) is 0 Å². The molecule has 0 aliphatic carbocycles. The molecule has 0 spiro atoms. The highest BCUT2D eigenvalue weighted by atomic mass is 32.2. The highest BCUT2D eigenvalue weighted by molar-refractivity contribution is 7.89. The van der Waals surface area contributed by atoms with Crippen molar-refractivity contribution in [3.8, 4) is 0 Å². The quantitative estimate of drug-likeness (QED) is 0.610. The minimum Gasteiger partial charge on any atom is -0.325 e. The number of sulfonamides is 1. The van der Waals surface area contributed by atoms with Gasteiger partial charge >= 0.3 is 0 Å². The Bertz CT molecular complexity index is 1140. The van der Waals surface area contributed by atoms with Crippen LogP contribution >= 0.6 is 0 Å². The zero-order valence-electron chi connectivity index (χ0n) is 19.9. The van der Waals surface area contributed by atoms with E-state index in [0.29, 0.717) is 31.5 Å². The molecule has 1 aliphatic rings. The Kier molecular flexibility index (Phi) is 7.59. The summed E-state index contributed by atoms with van der Waals surface area (Å²) in [6.45, 7) is 10.1. The summed E-state index contributed by atoms with van der Waals surface area (Å²) >= 11 is 0. The maximum Gasteiger partial charge on any atom is 0.242 e. The molecule has 1 atom stereocenters. The molecule has 0 aromatic heterocycles. The zero-order chi connectivity index (χ0) is 24.3. The van der Waals surface area contributed by atoms with Crippen molar-refractivity contribution in [2.75, 3.05) is 16.8 Å². The summed E-state index contributed by atoms with van der Waals surface area (Å²) in [5.74, 6) is -0.267. The van der Waals surface area contributed by atoms with Crippen molar-refractivity contribution in [3.05, 3.63) is 53.1 Å². The molecule has 3 rings (SSSR count). The van der Waals surface area contributed by atoms with E-state index in [2.05, 4.69) is 10.0 Å². The number of hydrogen-bond acceptors (Lipinski definition) is 4. The van der Waals surface area contributed by atoms with Gasteiger partial charge in [0.2, 0.25) is 21.8 Å². The fraction of sp³-hybridized carbons (Fsp3) is 0.440. The molecule has 7 nitrogen and oxygen atoms in total. The van der Waals surface area contributed by atoms with Crippen molar-refractivity contribution in [1.82, 2.24) is 4.72 Å². The van der Waals surface area contributed by atoms with E-state index < -0.39 is 22.0 Å². The minimum absolute atomic E-state index is 0.0162. The Balaban J connectivity index is 1.82. The van der Waals surface area contributed by atoms with Gasteiger partial charge < -0.3 is 10.2 Å². The van der Waals surface area contributed by atoms with E-state index >= 15 is 0 Å². The van der Waals surface area contributed by atoms with Gasteiger partial charge in [-0.1, -0.05) is 26.8 Å². The molecular formula is C25H33N3O4S. The molecular weight excluding hydrogens is 438 g/mol. The molecule has 1 aliphatic heterocycles. The first-order chi connectivity index (χ1) is 15.5. The third kappa shape index (κ3) is 6.00. The number of nitrogens with zero attached hydrogens (tertiary/aromatic N) is 1. The minimum atomic E-state index is -3.94. The molecule has 2 amide bonds. The van der Waals surface area contributed by atoms with Crippen LogP contribution < -0.4 is 14.9 Å². The lowest BCUT2D eigenvalue weighted by atomic mass is 10.0. The highest BCUT2D eigenvalue weighted by Crippen LogP contribution is 2.31. The van der Waals surface area contributed by atoms with Crippen LogP contribution in [0.3, 0.4) is 0 Å². The lowest BCUT2D eigenvalue weighted by molar-refractivity contribution is -0.118. The van der Waals surface area contributed by atoms with Gasteiger partial charge in [-0.25, -0.2) is 8.42 Å². The van der Waals surface area contributed by atoms with Gasteiger partial charge in [0.15, 0.2) is 0 Å². The summed E-state index contributed by atoms with van der Waals surface area (Å²) in [5, 5.41) is 2.86. The molecule has 0 unspecified atom stereocenters. The number of hydrogen-bond donors (Lipinski definition) is 2.